The summed E-state index contributed by atoms with van der Waals surface area (Å²) < 4.78 is 15.0. The second kappa shape index (κ2) is 19.0. The van der Waals surface area contributed by atoms with E-state index in [1.165, 1.54) is 12.8 Å². The van der Waals surface area contributed by atoms with Crippen LogP contribution >= 0.6 is 0 Å². The Morgan fingerprint density at radius 3 is 1.17 bits per heavy atom. The van der Waals surface area contributed by atoms with Crippen LogP contribution in [0.15, 0.2) is 24.3 Å². The first kappa shape index (κ1) is 26.9. The van der Waals surface area contributed by atoms with Gasteiger partial charge in [-0.15, -0.1) is 0 Å². The van der Waals surface area contributed by atoms with Gasteiger partial charge >= 0.3 is 22.6 Å². The Balaban J connectivity index is -0.000000276. The van der Waals surface area contributed by atoms with Crippen molar-refractivity contribution in [3.8, 4) is 0 Å². The van der Waals surface area contributed by atoms with E-state index in [-0.39, 0.29) is 32.6 Å². The average Bonchev–Trinajstić information content (AvgIpc) is 2.86. The van der Waals surface area contributed by atoms with E-state index in [0.29, 0.717) is 0 Å². The molecule has 2 fully saturated rings. The van der Waals surface area contributed by atoms with Gasteiger partial charge in [0.25, 0.3) is 0 Å². The smallest absolute Gasteiger partial charge is 0 e. The summed E-state index contributed by atoms with van der Waals surface area (Å²) in [6, 6.07) is 0. The van der Waals surface area contributed by atoms with E-state index in [0.717, 1.165) is 62.5 Å². The van der Waals surface area contributed by atoms with E-state index in [4.69, 9.17) is 9.30 Å². The summed E-state index contributed by atoms with van der Waals surface area (Å²) in [4.78, 5) is 21.8. The van der Waals surface area contributed by atoms with Crippen LogP contribution in [0.5, 0.6) is 0 Å². The molecule has 0 bridgehead atoms. The van der Waals surface area contributed by atoms with Crippen LogP contribution in [-0.4, -0.2) is 11.6 Å². The first-order valence-corrected chi connectivity index (χ1v) is 7.44. The van der Waals surface area contributed by atoms with Gasteiger partial charge < -0.3 is 0 Å². The minimum absolute atomic E-state index is 0. The number of ketones is 2. The fraction of sp³-hybridized carbons (Fsp3) is 0.556. The molecular weight excluding hydrogens is 464 g/mol. The van der Waals surface area contributed by atoms with Crippen LogP contribution in [0.1, 0.15) is 64.2 Å². The zero-order chi connectivity index (χ0) is 17.4. The summed E-state index contributed by atoms with van der Waals surface area (Å²) in [5.41, 5.74) is 1.68. The molecule has 0 atom stereocenters. The molecule has 126 valence electrons. The van der Waals surface area contributed by atoms with Crippen molar-refractivity contribution in [1.82, 2.24) is 0 Å². The van der Waals surface area contributed by atoms with Gasteiger partial charge in [-0.1, -0.05) is 26.0 Å². The molecule has 4 nitrogen and oxygen atoms in total. The molecule has 0 aromatic carbocycles. The Bertz CT molecular complexity index is 349. The van der Waals surface area contributed by atoms with Crippen LogP contribution in [-0.2, 0) is 40.0 Å². The maximum atomic E-state index is 10.9. The van der Waals surface area contributed by atoms with Crippen molar-refractivity contribution in [3.63, 3.8) is 0 Å². The van der Waals surface area contributed by atoms with Crippen LogP contribution < -0.4 is 0 Å². The van der Waals surface area contributed by atoms with E-state index in [1.807, 2.05) is 0 Å². The fourth-order valence-electron chi connectivity index (χ4n) is 2.23. The quantitative estimate of drug-likeness (QED) is 0.223. The standard InChI is InChI=1S/2C8H12O.2CO.W/c2*1-7-5-3-2-4-6-8(7)9;2*1-2;/h2*1-6H2;;;. The van der Waals surface area contributed by atoms with E-state index in [9.17, 15) is 9.59 Å². The van der Waals surface area contributed by atoms with Gasteiger partial charge in [0, 0.05) is 33.9 Å². The Kier molecular flexibility index (Phi) is 22.2. The Morgan fingerprint density at radius 2 is 0.870 bits per heavy atom. The van der Waals surface area contributed by atoms with Crippen LogP contribution in [0.3, 0.4) is 0 Å². The largest absolute Gasteiger partial charge is 0 e. The van der Waals surface area contributed by atoms with Crippen LogP contribution in [0.4, 0.5) is 0 Å². The summed E-state index contributed by atoms with van der Waals surface area (Å²) in [7, 11) is 0. The van der Waals surface area contributed by atoms with E-state index in [1.54, 1.807) is 0 Å². The van der Waals surface area contributed by atoms with Crippen LogP contribution in [0.25, 0.3) is 0 Å². The Morgan fingerprint density at radius 1 is 0.609 bits per heavy atom. The second-order valence-electron chi connectivity index (χ2n) is 5.17. The van der Waals surface area contributed by atoms with Gasteiger partial charge in [0.1, 0.15) is 0 Å². The summed E-state index contributed by atoms with van der Waals surface area (Å²) in [5.74, 6) is 0.569. The third kappa shape index (κ3) is 14.3. The molecule has 0 spiro atoms. The SMILES string of the molecule is C=C1CCCCCC1=O.C=C1CCCCCC1=O.[C-]#[O+].[C-]#[O+].[W]. The first-order chi connectivity index (χ1) is 10.6. The van der Waals surface area contributed by atoms with Crippen molar-refractivity contribution < 1.29 is 40.0 Å². The van der Waals surface area contributed by atoms with Crippen molar-refractivity contribution in [3.05, 3.63) is 37.6 Å². The van der Waals surface area contributed by atoms with Crippen molar-refractivity contribution >= 4 is 11.6 Å². The monoisotopic (exact) mass is 488 g/mol. The molecule has 0 amide bonds. The molecule has 23 heavy (non-hydrogen) atoms. The van der Waals surface area contributed by atoms with E-state index >= 15 is 0 Å². The number of rotatable bonds is 0. The summed E-state index contributed by atoms with van der Waals surface area (Å²) >= 11 is 0. The number of allylic oxidation sites excluding steroid dienone is 2. The molecule has 0 aromatic heterocycles. The molecule has 0 heterocycles. The maximum absolute atomic E-state index is 10.9. The van der Waals surface area contributed by atoms with Gasteiger partial charge in [-0.3, -0.25) is 9.59 Å². The molecule has 0 radical (unpaired) electrons. The third-order valence-corrected chi connectivity index (χ3v) is 3.55. The fourth-order valence-corrected chi connectivity index (χ4v) is 2.23. The molecular formula is C18H24O4W. The number of Topliss-reactive ketones (excluding diaryl/α,β-unsaturated/α-hetero) is 2. The van der Waals surface area contributed by atoms with Crippen LogP contribution in [0, 0.1) is 13.3 Å². The van der Waals surface area contributed by atoms with Gasteiger partial charge in [0.15, 0.2) is 11.6 Å². The Labute approximate surface area is 153 Å². The zero-order valence-electron chi connectivity index (χ0n) is 13.5. The van der Waals surface area contributed by atoms with E-state index < -0.39 is 0 Å². The predicted molar refractivity (Wildman–Crippen MR) is 82.3 cm³/mol. The topological polar surface area (TPSA) is 73.9 Å². The van der Waals surface area contributed by atoms with Crippen molar-refractivity contribution in [2.45, 2.75) is 64.2 Å². The molecule has 0 aromatic rings. The first-order valence-electron chi connectivity index (χ1n) is 7.44. The molecule has 0 unspecified atom stereocenters. The molecule has 2 rings (SSSR count). The predicted octanol–water partition coefficient (Wildman–Crippen LogP) is 4.07. The normalized spacial score (nSPS) is 17.2. The number of hydrogen-bond donors (Lipinski definition) is 0. The molecule has 2 aliphatic rings. The molecule has 0 N–H and O–H groups in total. The number of hydrogen-bond acceptors (Lipinski definition) is 2. The van der Waals surface area contributed by atoms with Crippen molar-refractivity contribution in [2.75, 3.05) is 0 Å². The molecule has 2 saturated carbocycles. The zero-order valence-corrected chi connectivity index (χ0v) is 16.5. The second-order valence-corrected chi connectivity index (χ2v) is 5.17. The maximum Gasteiger partial charge on any atom is 0 e. The molecule has 0 saturated heterocycles. The minimum atomic E-state index is 0. The van der Waals surface area contributed by atoms with Crippen molar-refractivity contribution in [1.29, 1.82) is 0 Å². The van der Waals surface area contributed by atoms with Gasteiger partial charge in [-0.05, 0) is 49.7 Å². The van der Waals surface area contributed by atoms with Crippen molar-refractivity contribution in [2.24, 2.45) is 0 Å². The summed E-state index contributed by atoms with van der Waals surface area (Å²) in [6.07, 6.45) is 10.2. The van der Waals surface area contributed by atoms with Gasteiger partial charge in [-0.2, -0.15) is 0 Å². The molecule has 2 aliphatic carbocycles. The molecule has 0 aliphatic heterocycles. The van der Waals surface area contributed by atoms with Gasteiger partial charge in [0.2, 0.25) is 0 Å². The minimum Gasteiger partial charge on any atom is 0 e. The molecule has 5 heteroatoms. The third-order valence-electron chi connectivity index (χ3n) is 3.55. The number of carbonyl (C=O) groups excluding carboxylic acids is 2. The van der Waals surface area contributed by atoms with Crippen LogP contribution in [0.2, 0.25) is 0 Å². The number of carbonyl (C=O) groups is 2. The average molecular weight is 488 g/mol. The summed E-state index contributed by atoms with van der Waals surface area (Å²) in [6.45, 7) is 16.4. The summed E-state index contributed by atoms with van der Waals surface area (Å²) in [5, 5.41) is 0. The van der Waals surface area contributed by atoms with Gasteiger partial charge in [-0.25, -0.2) is 0 Å². The van der Waals surface area contributed by atoms with Gasteiger partial charge in [0.05, 0.1) is 0 Å². The van der Waals surface area contributed by atoms with E-state index in [2.05, 4.69) is 26.5 Å². The Hall–Kier alpha value is -1.01.